The van der Waals surface area contributed by atoms with Crippen molar-refractivity contribution in [3.63, 3.8) is 0 Å². The van der Waals surface area contributed by atoms with Gasteiger partial charge in [0.2, 0.25) is 5.91 Å². The Hall–Kier alpha value is -3.81. The van der Waals surface area contributed by atoms with Gasteiger partial charge in [-0.3, -0.25) is 9.59 Å². The van der Waals surface area contributed by atoms with Crippen molar-refractivity contribution in [1.29, 1.82) is 0 Å². The number of aromatic nitrogens is 1. The number of fused-ring (bicyclic) bond motifs is 2. The first-order chi connectivity index (χ1) is 17.4. The Bertz CT molecular complexity index is 1310. The van der Waals surface area contributed by atoms with Gasteiger partial charge < -0.3 is 24.8 Å². The molecule has 3 aromatic rings. The Morgan fingerprint density at radius 3 is 2.56 bits per heavy atom. The third-order valence-corrected chi connectivity index (χ3v) is 7.38. The lowest BCUT2D eigenvalue weighted by Crippen LogP contribution is -2.52. The molecule has 3 amide bonds. The number of aryl methyl sites for hydroxylation is 1. The fourth-order valence-corrected chi connectivity index (χ4v) is 5.55. The van der Waals surface area contributed by atoms with E-state index in [2.05, 4.69) is 16.4 Å². The summed E-state index contributed by atoms with van der Waals surface area (Å²) < 4.78 is 5.09. The first kappa shape index (κ1) is 23.9. The summed E-state index contributed by atoms with van der Waals surface area (Å²) in [5.74, 6) is -0.326. The zero-order valence-corrected chi connectivity index (χ0v) is 20.9. The van der Waals surface area contributed by atoms with Crippen molar-refractivity contribution >= 4 is 28.8 Å². The topological polar surface area (TPSA) is 94.7 Å². The second kappa shape index (κ2) is 9.68. The van der Waals surface area contributed by atoms with E-state index in [-0.39, 0.29) is 30.0 Å². The van der Waals surface area contributed by atoms with Gasteiger partial charge in [0, 0.05) is 46.9 Å². The minimum absolute atomic E-state index is 0.0565. The first-order valence-corrected chi connectivity index (χ1v) is 12.6. The van der Waals surface area contributed by atoms with Gasteiger partial charge in [0.1, 0.15) is 6.04 Å². The zero-order chi connectivity index (χ0) is 25.4. The van der Waals surface area contributed by atoms with Crippen molar-refractivity contribution in [2.24, 2.45) is 0 Å². The summed E-state index contributed by atoms with van der Waals surface area (Å²) >= 11 is 0. The van der Waals surface area contributed by atoms with E-state index in [4.69, 9.17) is 4.74 Å². The molecule has 1 fully saturated rings. The maximum Gasteiger partial charge on any atom is 0.409 e. The molecule has 5 rings (SSSR count). The smallest absolute Gasteiger partial charge is 0.409 e. The Morgan fingerprint density at radius 2 is 1.81 bits per heavy atom. The molecule has 0 aliphatic carbocycles. The SMILES string of the molecule is CCOC(=O)N1CCC(NC(=O)C(C)N2C(=O)c3ccccc3C2c2c(C)[nH]c3ccccc23)CC1. The van der Waals surface area contributed by atoms with Crippen LogP contribution in [-0.4, -0.2) is 64.5 Å². The molecule has 1 aromatic heterocycles. The second-order valence-corrected chi connectivity index (χ2v) is 9.56. The van der Waals surface area contributed by atoms with E-state index < -0.39 is 6.04 Å². The van der Waals surface area contributed by atoms with Crippen LogP contribution in [0.25, 0.3) is 10.9 Å². The standard InChI is InChI=1S/C28H32N4O4/c1-4-36-28(35)31-15-13-19(14-16-31)30-26(33)18(3)32-25(20-9-5-6-10-21(20)27(32)34)24-17(2)29-23-12-8-7-11-22(23)24/h5-12,18-19,25,29H,4,13-16H2,1-3H3,(H,30,33). The second-order valence-electron chi connectivity index (χ2n) is 9.56. The summed E-state index contributed by atoms with van der Waals surface area (Å²) in [6, 6.07) is 14.6. The minimum Gasteiger partial charge on any atom is -0.450 e. The zero-order valence-electron chi connectivity index (χ0n) is 20.9. The van der Waals surface area contributed by atoms with Crippen LogP contribution < -0.4 is 5.32 Å². The highest BCUT2D eigenvalue weighted by Crippen LogP contribution is 2.43. The Kier molecular flexibility index (Phi) is 6.43. The van der Waals surface area contributed by atoms with Gasteiger partial charge >= 0.3 is 6.09 Å². The number of benzene rings is 2. The molecule has 36 heavy (non-hydrogen) atoms. The van der Waals surface area contributed by atoms with Gasteiger partial charge in [-0.2, -0.15) is 0 Å². The summed E-state index contributed by atoms with van der Waals surface area (Å²) in [4.78, 5) is 45.9. The van der Waals surface area contributed by atoms with Crippen molar-refractivity contribution in [3.05, 3.63) is 70.9 Å². The van der Waals surface area contributed by atoms with Gasteiger partial charge in [-0.25, -0.2) is 4.79 Å². The maximum atomic E-state index is 13.6. The molecule has 188 valence electrons. The molecular formula is C28H32N4O4. The largest absolute Gasteiger partial charge is 0.450 e. The molecule has 2 unspecified atom stereocenters. The van der Waals surface area contributed by atoms with Gasteiger partial charge in [0.05, 0.1) is 12.6 Å². The third-order valence-electron chi connectivity index (χ3n) is 7.38. The molecule has 2 N–H and O–H groups in total. The van der Waals surface area contributed by atoms with Crippen LogP contribution >= 0.6 is 0 Å². The number of hydrogen-bond acceptors (Lipinski definition) is 4. The monoisotopic (exact) mass is 488 g/mol. The molecule has 0 saturated carbocycles. The molecule has 2 aromatic carbocycles. The average Bonchev–Trinajstić information content (AvgIpc) is 3.36. The Morgan fingerprint density at radius 1 is 1.11 bits per heavy atom. The van der Waals surface area contributed by atoms with Crippen molar-refractivity contribution in [2.75, 3.05) is 19.7 Å². The predicted octanol–water partition coefficient (Wildman–Crippen LogP) is 4.15. The highest BCUT2D eigenvalue weighted by molar-refractivity contribution is 6.03. The molecular weight excluding hydrogens is 456 g/mol. The lowest BCUT2D eigenvalue weighted by atomic mass is 9.95. The molecule has 1 saturated heterocycles. The molecule has 3 heterocycles. The van der Waals surface area contributed by atoms with Gasteiger partial charge in [-0.05, 0) is 51.3 Å². The Labute approximate surface area is 210 Å². The number of aromatic amines is 1. The van der Waals surface area contributed by atoms with Crippen molar-refractivity contribution in [2.45, 2.75) is 51.7 Å². The quantitative estimate of drug-likeness (QED) is 0.564. The van der Waals surface area contributed by atoms with E-state index in [9.17, 15) is 14.4 Å². The van der Waals surface area contributed by atoms with Crippen LogP contribution in [0.3, 0.4) is 0 Å². The summed E-state index contributed by atoms with van der Waals surface area (Å²) in [6.45, 7) is 7.00. The fourth-order valence-electron chi connectivity index (χ4n) is 5.55. The van der Waals surface area contributed by atoms with Crippen LogP contribution in [0.15, 0.2) is 48.5 Å². The predicted molar refractivity (Wildman–Crippen MR) is 137 cm³/mol. The van der Waals surface area contributed by atoms with Gasteiger partial charge in [0.25, 0.3) is 5.91 Å². The van der Waals surface area contributed by atoms with Crippen molar-refractivity contribution in [3.8, 4) is 0 Å². The van der Waals surface area contributed by atoms with E-state index in [0.29, 0.717) is 38.1 Å². The molecule has 0 spiro atoms. The van der Waals surface area contributed by atoms with E-state index in [1.165, 1.54) is 0 Å². The first-order valence-electron chi connectivity index (χ1n) is 12.6. The van der Waals surface area contributed by atoms with Crippen LogP contribution in [0.5, 0.6) is 0 Å². The number of piperidine rings is 1. The summed E-state index contributed by atoms with van der Waals surface area (Å²) in [7, 11) is 0. The fraction of sp³-hybridized carbons (Fsp3) is 0.393. The van der Waals surface area contributed by atoms with Crippen LogP contribution in [-0.2, 0) is 9.53 Å². The molecule has 2 atom stereocenters. The third kappa shape index (κ3) is 4.10. The summed E-state index contributed by atoms with van der Waals surface area (Å²) in [6.07, 6.45) is 0.986. The average molecular weight is 489 g/mol. The number of nitrogens with zero attached hydrogens (tertiary/aromatic N) is 2. The summed E-state index contributed by atoms with van der Waals surface area (Å²) in [5.41, 5.74) is 4.56. The van der Waals surface area contributed by atoms with E-state index in [0.717, 1.165) is 27.7 Å². The number of likely N-dealkylation sites (tertiary alicyclic amines) is 1. The van der Waals surface area contributed by atoms with Crippen LogP contribution in [0, 0.1) is 6.92 Å². The molecule has 8 heteroatoms. The van der Waals surface area contributed by atoms with Crippen LogP contribution in [0.4, 0.5) is 4.79 Å². The molecule has 0 bridgehead atoms. The molecule has 2 aliphatic rings. The van der Waals surface area contributed by atoms with Crippen LogP contribution in [0.2, 0.25) is 0 Å². The lowest BCUT2D eigenvalue weighted by molar-refractivity contribution is -0.126. The molecule has 8 nitrogen and oxygen atoms in total. The van der Waals surface area contributed by atoms with Gasteiger partial charge in [-0.15, -0.1) is 0 Å². The lowest BCUT2D eigenvalue weighted by Gasteiger charge is -2.35. The normalized spacial score (nSPS) is 18.9. The van der Waals surface area contributed by atoms with E-state index in [1.54, 1.807) is 23.6 Å². The number of H-pyrrole nitrogens is 1. The van der Waals surface area contributed by atoms with E-state index in [1.807, 2.05) is 49.4 Å². The highest BCUT2D eigenvalue weighted by atomic mass is 16.6. The number of nitrogens with one attached hydrogen (secondary N) is 2. The Balaban J connectivity index is 1.39. The number of ether oxygens (including phenoxy) is 1. The van der Waals surface area contributed by atoms with E-state index >= 15 is 0 Å². The van der Waals surface area contributed by atoms with Gasteiger partial charge in [-0.1, -0.05) is 36.4 Å². The number of para-hydroxylation sites is 1. The highest BCUT2D eigenvalue weighted by Gasteiger charge is 2.44. The number of hydrogen-bond donors (Lipinski definition) is 2. The summed E-state index contributed by atoms with van der Waals surface area (Å²) in [5, 5.41) is 4.18. The number of carbonyl (C=O) groups excluding carboxylic acids is 3. The van der Waals surface area contributed by atoms with Crippen molar-refractivity contribution in [1.82, 2.24) is 20.1 Å². The van der Waals surface area contributed by atoms with Crippen LogP contribution in [0.1, 0.15) is 59.9 Å². The molecule has 2 aliphatic heterocycles. The molecule has 0 radical (unpaired) electrons. The maximum absolute atomic E-state index is 13.6. The number of rotatable bonds is 5. The minimum atomic E-state index is -0.675. The van der Waals surface area contributed by atoms with Gasteiger partial charge in [0.15, 0.2) is 0 Å². The number of amides is 3. The number of carbonyl (C=O) groups is 3. The van der Waals surface area contributed by atoms with Crippen molar-refractivity contribution < 1.29 is 19.1 Å².